The van der Waals surface area contributed by atoms with Gasteiger partial charge in [-0.05, 0) is 35.9 Å². The summed E-state index contributed by atoms with van der Waals surface area (Å²) in [4.78, 5) is 25.9. The molecule has 6 heteroatoms. The first kappa shape index (κ1) is 14.9. The smallest absolute Gasteiger partial charge is 0.337 e. The first-order valence-electron chi connectivity index (χ1n) is 7.07. The van der Waals surface area contributed by atoms with Gasteiger partial charge >= 0.3 is 11.7 Å². The molecule has 2 aromatic carbocycles. The number of H-pyrrole nitrogens is 1. The molecule has 118 valence electrons. The molecular formula is C17H16N2O4. The summed E-state index contributed by atoms with van der Waals surface area (Å²) in [6, 6.07) is 12.5. The molecule has 0 bridgehead atoms. The summed E-state index contributed by atoms with van der Waals surface area (Å²) in [6.45, 7) is 0.333. The molecule has 0 aliphatic heterocycles. The molecule has 0 atom stereocenters. The van der Waals surface area contributed by atoms with E-state index in [0.29, 0.717) is 17.9 Å². The Balaban J connectivity index is 1.79. The highest BCUT2D eigenvalue weighted by Gasteiger charge is 2.07. The summed E-state index contributed by atoms with van der Waals surface area (Å²) >= 11 is 0. The number of benzene rings is 2. The Bertz CT molecular complexity index is 924. The van der Waals surface area contributed by atoms with E-state index in [-0.39, 0.29) is 5.69 Å². The normalized spacial score (nSPS) is 10.7. The molecule has 0 aliphatic rings. The van der Waals surface area contributed by atoms with E-state index in [1.165, 1.54) is 7.11 Å². The van der Waals surface area contributed by atoms with E-state index < -0.39 is 5.97 Å². The lowest BCUT2D eigenvalue weighted by Crippen LogP contribution is -2.11. The van der Waals surface area contributed by atoms with Gasteiger partial charge in [0.1, 0.15) is 12.4 Å². The number of carbonyl (C=O) groups excluding carboxylic acids is 1. The van der Waals surface area contributed by atoms with Crippen LogP contribution in [-0.4, -0.2) is 22.6 Å². The van der Waals surface area contributed by atoms with Crippen molar-refractivity contribution >= 4 is 17.0 Å². The van der Waals surface area contributed by atoms with Crippen molar-refractivity contribution in [3.63, 3.8) is 0 Å². The lowest BCUT2D eigenvalue weighted by molar-refractivity contribution is 0.0600. The van der Waals surface area contributed by atoms with Crippen molar-refractivity contribution < 1.29 is 14.3 Å². The standard InChI is InChI=1S/C17H16N2O4/c1-19-15-8-11(6-7-14(15)18-17(19)21)10-23-13-5-3-4-12(9-13)16(20)22-2/h3-9H,10H2,1-2H3,(H,18,21). The molecule has 0 saturated heterocycles. The summed E-state index contributed by atoms with van der Waals surface area (Å²) < 4.78 is 12.0. The molecule has 1 aromatic heterocycles. The third-order valence-corrected chi connectivity index (χ3v) is 3.63. The zero-order valence-electron chi connectivity index (χ0n) is 12.8. The Morgan fingerprint density at radius 2 is 2.04 bits per heavy atom. The van der Waals surface area contributed by atoms with Crippen LogP contribution in [0.3, 0.4) is 0 Å². The fourth-order valence-corrected chi connectivity index (χ4v) is 2.36. The number of carbonyl (C=O) groups is 1. The van der Waals surface area contributed by atoms with Gasteiger partial charge in [0.2, 0.25) is 0 Å². The summed E-state index contributed by atoms with van der Waals surface area (Å²) in [7, 11) is 3.05. The molecule has 0 radical (unpaired) electrons. The number of imidazole rings is 1. The number of ether oxygens (including phenoxy) is 2. The van der Waals surface area contributed by atoms with Crippen LogP contribution >= 0.6 is 0 Å². The van der Waals surface area contributed by atoms with Gasteiger partial charge in [0.25, 0.3) is 0 Å². The Hall–Kier alpha value is -3.02. The molecule has 0 aliphatic carbocycles. The van der Waals surface area contributed by atoms with Crippen molar-refractivity contribution in [2.24, 2.45) is 7.05 Å². The molecule has 1 N–H and O–H groups in total. The van der Waals surface area contributed by atoms with E-state index >= 15 is 0 Å². The number of hydrogen-bond donors (Lipinski definition) is 1. The zero-order valence-corrected chi connectivity index (χ0v) is 12.8. The van der Waals surface area contributed by atoms with Gasteiger partial charge < -0.3 is 14.5 Å². The van der Waals surface area contributed by atoms with E-state index in [0.717, 1.165) is 16.6 Å². The molecule has 6 nitrogen and oxygen atoms in total. The minimum absolute atomic E-state index is 0.149. The summed E-state index contributed by atoms with van der Waals surface area (Å²) in [6.07, 6.45) is 0. The largest absolute Gasteiger partial charge is 0.489 e. The monoisotopic (exact) mass is 312 g/mol. The van der Waals surface area contributed by atoms with Crippen LogP contribution in [0.2, 0.25) is 0 Å². The molecule has 0 spiro atoms. The average Bonchev–Trinajstić information content (AvgIpc) is 2.87. The minimum atomic E-state index is -0.404. The van der Waals surface area contributed by atoms with Gasteiger partial charge in [-0.2, -0.15) is 0 Å². The maximum atomic E-state index is 11.6. The Labute approximate surface area is 132 Å². The number of aromatic amines is 1. The summed E-state index contributed by atoms with van der Waals surface area (Å²) in [5.74, 6) is 0.176. The second kappa shape index (κ2) is 6.00. The van der Waals surface area contributed by atoms with Crippen LogP contribution in [0.4, 0.5) is 0 Å². The van der Waals surface area contributed by atoms with E-state index in [1.807, 2.05) is 18.2 Å². The number of aryl methyl sites for hydroxylation is 1. The molecule has 3 rings (SSSR count). The minimum Gasteiger partial charge on any atom is -0.489 e. The molecule has 0 amide bonds. The van der Waals surface area contributed by atoms with Crippen molar-refractivity contribution in [3.8, 4) is 5.75 Å². The van der Waals surface area contributed by atoms with Crippen molar-refractivity contribution in [2.75, 3.05) is 7.11 Å². The molecule has 3 aromatic rings. The molecule has 0 unspecified atom stereocenters. The fraction of sp³-hybridized carbons (Fsp3) is 0.176. The van der Waals surface area contributed by atoms with Crippen molar-refractivity contribution in [1.29, 1.82) is 0 Å². The van der Waals surface area contributed by atoms with Gasteiger partial charge in [0.15, 0.2) is 0 Å². The van der Waals surface area contributed by atoms with E-state index in [2.05, 4.69) is 9.72 Å². The first-order valence-corrected chi connectivity index (χ1v) is 7.07. The fourth-order valence-electron chi connectivity index (χ4n) is 2.36. The van der Waals surface area contributed by atoms with E-state index in [1.54, 1.807) is 35.9 Å². The number of hydrogen-bond acceptors (Lipinski definition) is 4. The molecular weight excluding hydrogens is 296 g/mol. The third-order valence-electron chi connectivity index (χ3n) is 3.63. The second-order valence-electron chi connectivity index (χ2n) is 5.15. The van der Waals surface area contributed by atoms with Gasteiger partial charge in [-0.15, -0.1) is 0 Å². The number of nitrogens with zero attached hydrogens (tertiary/aromatic N) is 1. The summed E-state index contributed by atoms with van der Waals surface area (Å²) in [5.41, 5.74) is 2.82. The second-order valence-corrected chi connectivity index (χ2v) is 5.15. The maximum Gasteiger partial charge on any atom is 0.337 e. The molecule has 0 fully saturated rings. The number of rotatable bonds is 4. The maximum absolute atomic E-state index is 11.6. The Kier molecular flexibility index (Phi) is 3.89. The van der Waals surface area contributed by atoms with Gasteiger partial charge in [-0.1, -0.05) is 12.1 Å². The van der Waals surface area contributed by atoms with Crippen LogP contribution in [0.25, 0.3) is 11.0 Å². The van der Waals surface area contributed by atoms with Crippen LogP contribution < -0.4 is 10.4 Å². The number of nitrogens with one attached hydrogen (secondary N) is 1. The van der Waals surface area contributed by atoms with Crippen molar-refractivity contribution in [1.82, 2.24) is 9.55 Å². The Morgan fingerprint density at radius 3 is 2.83 bits per heavy atom. The highest BCUT2D eigenvalue weighted by atomic mass is 16.5. The number of esters is 1. The third kappa shape index (κ3) is 2.96. The average molecular weight is 312 g/mol. The Morgan fingerprint density at radius 1 is 1.22 bits per heavy atom. The molecule has 0 saturated carbocycles. The molecule has 23 heavy (non-hydrogen) atoms. The van der Waals surface area contributed by atoms with E-state index in [4.69, 9.17) is 4.74 Å². The van der Waals surface area contributed by atoms with Crippen LogP contribution in [-0.2, 0) is 18.4 Å². The van der Waals surface area contributed by atoms with Crippen LogP contribution in [0.1, 0.15) is 15.9 Å². The van der Waals surface area contributed by atoms with Gasteiger partial charge in [-0.25, -0.2) is 9.59 Å². The predicted molar refractivity (Wildman–Crippen MR) is 85.7 cm³/mol. The molecule has 1 heterocycles. The number of methoxy groups -OCH3 is 1. The van der Waals surface area contributed by atoms with Gasteiger partial charge in [-0.3, -0.25) is 4.57 Å². The van der Waals surface area contributed by atoms with Crippen LogP contribution in [0, 0.1) is 0 Å². The van der Waals surface area contributed by atoms with Crippen LogP contribution in [0.15, 0.2) is 47.3 Å². The zero-order chi connectivity index (χ0) is 16.4. The van der Waals surface area contributed by atoms with Crippen LogP contribution in [0.5, 0.6) is 5.75 Å². The lowest BCUT2D eigenvalue weighted by atomic mass is 10.2. The number of fused-ring (bicyclic) bond motifs is 1. The van der Waals surface area contributed by atoms with Gasteiger partial charge in [0, 0.05) is 7.05 Å². The first-order chi connectivity index (χ1) is 11.1. The highest BCUT2D eigenvalue weighted by Crippen LogP contribution is 2.17. The van der Waals surface area contributed by atoms with Crippen molar-refractivity contribution in [3.05, 3.63) is 64.1 Å². The topological polar surface area (TPSA) is 73.3 Å². The number of aromatic nitrogens is 2. The van der Waals surface area contributed by atoms with Gasteiger partial charge in [0.05, 0.1) is 23.7 Å². The predicted octanol–water partition coefficient (Wildman–Crippen LogP) is 2.23. The highest BCUT2D eigenvalue weighted by molar-refractivity contribution is 5.89. The quantitative estimate of drug-likeness (QED) is 0.750. The SMILES string of the molecule is COC(=O)c1cccc(OCc2ccc3[nH]c(=O)n(C)c3c2)c1. The van der Waals surface area contributed by atoms with E-state index in [9.17, 15) is 9.59 Å². The lowest BCUT2D eigenvalue weighted by Gasteiger charge is -2.08. The van der Waals surface area contributed by atoms with Crippen molar-refractivity contribution in [2.45, 2.75) is 6.61 Å². The summed E-state index contributed by atoms with van der Waals surface area (Å²) in [5, 5.41) is 0.